The van der Waals surface area contributed by atoms with Gasteiger partial charge in [-0.25, -0.2) is 0 Å². The molecule has 0 aliphatic carbocycles. The van der Waals surface area contributed by atoms with Crippen molar-refractivity contribution < 1.29 is 14.3 Å². The highest BCUT2D eigenvalue weighted by Gasteiger charge is 2.21. The highest BCUT2D eigenvalue weighted by atomic mass is 35.5. The summed E-state index contributed by atoms with van der Waals surface area (Å²) in [6.45, 7) is 1.71. The summed E-state index contributed by atoms with van der Waals surface area (Å²) in [4.78, 5) is 14.3. The van der Waals surface area contributed by atoms with E-state index in [1.165, 1.54) is 0 Å². The molecular weight excluding hydrogens is 316 g/mol. The van der Waals surface area contributed by atoms with Gasteiger partial charge in [0, 0.05) is 25.6 Å². The smallest absolute Gasteiger partial charge is 0.222 e. The Bertz CT molecular complexity index is 503. The van der Waals surface area contributed by atoms with Crippen LogP contribution in [0.3, 0.4) is 0 Å². The van der Waals surface area contributed by atoms with Gasteiger partial charge in [0.05, 0.1) is 14.2 Å². The average Bonchev–Trinajstić information content (AvgIpc) is 2.59. The van der Waals surface area contributed by atoms with Crippen molar-refractivity contribution in [1.82, 2.24) is 10.2 Å². The van der Waals surface area contributed by atoms with E-state index in [1.807, 2.05) is 30.1 Å². The fourth-order valence-corrected chi connectivity index (χ4v) is 2.86. The van der Waals surface area contributed by atoms with Crippen LogP contribution in [-0.2, 0) is 11.2 Å². The zero-order chi connectivity index (χ0) is 15.9. The summed E-state index contributed by atoms with van der Waals surface area (Å²) in [7, 11) is 5.23. The molecule has 0 bridgehead atoms. The number of amides is 1. The minimum atomic E-state index is 0. The number of carbonyl (C=O) groups excluding carboxylic acids is 1. The monoisotopic (exact) mass is 342 g/mol. The SMILES string of the molecule is CNC1CCN(C(=O)CCc2ccc(OC)c(OC)c2)CC1.Cl. The fourth-order valence-electron chi connectivity index (χ4n) is 2.86. The number of ether oxygens (including phenoxy) is 2. The van der Waals surface area contributed by atoms with Gasteiger partial charge >= 0.3 is 0 Å². The number of nitrogens with zero attached hydrogens (tertiary/aromatic N) is 1. The number of hydrogen-bond acceptors (Lipinski definition) is 4. The van der Waals surface area contributed by atoms with Crippen LogP contribution in [0.4, 0.5) is 0 Å². The number of rotatable bonds is 6. The molecule has 0 aromatic heterocycles. The van der Waals surface area contributed by atoms with E-state index in [0.29, 0.717) is 24.0 Å². The Morgan fingerprint density at radius 1 is 1.22 bits per heavy atom. The Balaban J connectivity index is 0.00000264. The average molecular weight is 343 g/mol. The molecule has 6 heteroatoms. The number of carbonyl (C=O) groups is 1. The van der Waals surface area contributed by atoms with Gasteiger partial charge in [0.1, 0.15) is 0 Å². The summed E-state index contributed by atoms with van der Waals surface area (Å²) in [5.41, 5.74) is 1.09. The molecule has 1 heterocycles. The second kappa shape index (κ2) is 9.63. The quantitative estimate of drug-likeness (QED) is 0.861. The van der Waals surface area contributed by atoms with Gasteiger partial charge in [-0.3, -0.25) is 4.79 Å². The van der Waals surface area contributed by atoms with E-state index in [0.717, 1.165) is 37.9 Å². The van der Waals surface area contributed by atoms with Gasteiger partial charge in [0.25, 0.3) is 0 Å². The number of piperidine rings is 1. The molecule has 1 aliphatic heterocycles. The van der Waals surface area contributed by atoms with Crippen molar-refractivity contribution in [3.05, 3.63) is 23.8 Å². The third-order valence-electron chi connectivity index (χ3n) is 4.33. The molecule has 1 saturated heterocycles. The van der Waals surface area contributed by atoms with Crippen LogP contribution in [0.15, 0.2) is 18.2 Å². The maximum absolute atomic E-state index is 12.3. The third-order valence-corrected chi connectivity index (χ3v) is 4.33. The molecule has 2 rings (SSSR count). The zero-order valence-electron chi connectivity index (χ0n) is 14.1. The summed E-state index contributed by atoms with van der Waals surface area (Å²) in [5, 5.41) is 3.28. The molecule has 5 nitrogen and oxygen atoms in total. The molecule has 1 aliphatic rings. The van der Waals surface area contributed by atoms with Gasteiger partial charge in [0.2, 0.25) is 5.91 Å². The molecule has 0 radical (unpaired) electrons. The largest absolute Gasteiger partial charge is 0.493 e. The molecule has 130 valence electrons. The Labute approximate surface area is 144 Å². The normalized spacial score (nSPS) is 15.0. The first-order chi connectivity index (χ1) is 10.7. The van der Waals surface area contributed by atoms with Crippen LogP contribution in [0.25, 0.3) is 0 Å². The number of nitrogens with one attached hydrogen (secondary N) is 1. The third kappa shape index (κ3) is 5.29. The van der Waals surface area contributed by atoms with Crippen molar-refractivity contribution in [2.24, 2.45) is 0 Å². The van der Waals surface area contributed by atoms with Crippen LogP contribution >= 0.6 is 12.4 Å². The Morgan fingerprint density at radius 3 is 2.43 bits per heavy atom. The van der Waals surface area contributed by atoms with Gasteiger partial charge in [-0.2, -0.15) is 0 Å². The minimum absolute atomic E-state index is 0. The highest BCUT2D eigenvalue weighted by Crippen LogP contribution is 2.28. The van der Waals surface area contributed by atoms with Crippen molar-refractivity contribution in [3.63, 3.8) is 0 Å². The molecule has 1 N–H and O–H groups in total. The molecule has 0 saturated carbocycles. The lowest BCUT2D eigenvalue weighted by Crippen LogP contribution is -2.44. The minimum Gasteiger partial charge on any atom is -0.493 e. The first-order valence-corrected chi connectivity index (χ1v) is 7.84. The van der Waals surface area contributed by atoms with Crippen molar-refractivity contribution >= 4 is 18.3 Å². The van der Waals surface area contributed by atoms with Crippen LogP contribution in [-0.4, -0.2) is 51.2 Å². The second-order valence-electron chi connectivity index (χ2n) is 5.63. The summed E-state index contributed by atoms with van der Waals surface area (Å²) < 4.78 is 10.5. The van der Waals surface area contributed by atoms with Crippen molar-refractivity contribution in [2.45, 2.75) is 31.7 Å². The lowest BCUT2D eigenvalue weighted by molar-refractivity contribution is -0.132. The maximum atomic E-state index is 12.3. The summed E-state index contributed by atoms with van der Waals surface area (Å²) in [5.74, 6) is 1.67. The zero-order valence-corrected chi connectivity index (χ0v) is 14.9. The summed E-state index contributed by atoms with van der Waals surface area (Å²) in [6.07, 6.45) is 3.35. The lowest BCUT2D eigenvalue weighted by atomic mass is 10.0. The van der Waals surface area contributed by atoms with Gasteiger partial charge < -0.3 is 19.7 Å². The van der Waals surface area contributed by atoms with E-state index in [2.05, 4.69) is 5.32 Å². The molecule has 0 unspecified atom stereocenters. The topological polar surface area (TPSA) is 50.8 Å². The van der Waals surface area contributed by atoms with Gasteiger partial charge in [-0.15, -0.1) is 12.4 Å². The number of methoxy groups -OCH3 is 2. The second-order valence-corrected chi connectivity index (χ2v) is 5.63. The number of halogens is 1. The Hall–Kier alpha value is -1.46. The Morgan fingerprint density at radius 2 is 1.87 bits per heavy atom. The van der Waals surface area contributed by atoms with Crippen LogP contribution in [0.5, 0.6) is 11.5 Å². The molecule has 1 aromatic rings. The van der Waals surface area contributed by atoms with E-state index >= 15 is 0 Å². The van der Waals surface area contributed by atoms with E-state index in [-0.39, 0.29) is 18.3 Å². The number of aryl methyl sites for hydroxylation is 1. The lowest BCUT2D eigenvalue weighted by Gasteiger charge is -2.31. The summed E-state index contributed by atoms with van der Waals surface area (Å²) >= 11 is 0. The van der Waals surface area contributed by atoms with E-state index in [4.69, 9.17) is 9.47 Å². The molecule has 23 heavy (non-hydrogen) atoms. The van der Waals surface area contributed by atoms with E-state index < -0.39 is 0 Å². The molecule has 1 amide bonds. The predicted molar refractivity (Wildman–Crippen MR) is 93.8 cm³/mol. The number of benzene rings is 1. The first-order valence-electron chi connectivity index (χ1n) is 7.84. The van der Waals surface area contributed by atoms with Crippen molar-refractivity contribution in [2.75, 3.05) is 34.4 Å². The standard InChI is InChI=1S/C17H26N2O3.ClH/c1-18-14-8-10-19(11-9-14)17(20)7-5-13-4-6-15(21-2)16(12-13)22-3;/h4,6,12,14,18H,5,7-11H2,1-3H3;1H. The predicted octanol–water partition coefficient (Wildman–Crippen LogP) is 2.27. The van der Waals surface area contributed by atoms with Crippen LogP contribution in [0.1, 0.15) is 24.8 Å². The van der Waals surface area contributed by atoms with E-state index in [9.17, 15) is 4.79 Å². The number of likely N-dealkylation sites (tertiary alicyclic amines) is 1. The van der Waals surface area contributed by atoms with E-state index in [1.54, 1.807) is 14.2 Å². The molecular formula is C17H27ClN2O3. The van der Waals surface area contributed by atoms with Gasteiger partial charge in [-0.1, -0.05) is 6.07 Å². The number of hydrogen-bond donors (Lipinski definition) is 1. The Kier molecular flexibility index (Phi) is 8.20. The highest BCUT2D eigenvalue weighted by molar-refractivity contribution is 5.85. The maximum Gasteiger partial charge on any atom is 0.222 e. The van der Waals surface area contributed by atoms with Crippen LogP contribution in [0.2, 0.25) is 0 Å². The summed E-state index contributed by atoms with van der Waals surface area (Å²) in [6, 6.07) is 6.37. The van der Waals surface area contributed by atoms with Crippen LogP contribution in [0, 0.1) is 0 Å². The molecule has 0 spiro atoms. The van der Waals surface area contributed by atoms with Crippen molar-refractivity contribution in [3.8, 4) is 11.5 Å². The van der Waals surface area contributed by atoms with Crippen molar-refractivity contribution in [1.29, 1.82) is 0 Å². The van der Waals surface area contributed by atoms with Gasteiger partial charge in [0.15, 0.2) is 11.5 Å². The van der Waals surface area contributed by atoms with Crippen LogP contribution < -0.4 is 14.8 Å². The molecule has 0 atom stereocenters. The van der Waals surface area contributed by atoms with Gasteiger partial charge in [-0.05, 0) is 44.0 Å². The first kappa shape index (κ1) is 19.6. The fraction of sp³-hybridized carbons (Fsp3) is 0.588. The molecule has 1 aromatic carbocycles. The molecule has 1 fully saturated rings.